The minimum atomic E-state index is 0.471. The number of nitrogens with zero attached hydrogens (tertiary/aromatic N) is 1. The fourth-order valence-electron chi connectivity index (χ4n) is 2.34. The van der Waals surface area contributed by atoms with E-state index < -0.39 is 0 Å². The fourth-order valence-corrected chi connectivity index (χ4v) is 2.34. The Bertz CT molecular complexity index is 108. The van der Waals surface area contributed by atoms with Crippen molar-refractivity contribution >= 4 is 0 Å². The standard InChI is InChI=1S/C8H16N2/c9-8-4-7-2-1-3-10(5-7)6-8/h7-8H,1-6,9H2/t7-,8-/m0/s1. The lowest BCUT2D eigenvalue weighted by Gasteiger charge is -2.40. The summed E-state index contributed by atoms with van der Waals surface area (Å²) in [6.45, 7) is 3.77. The van der Waals surface area contributed by atoms with Crippen LogP contribution in [0.1, 0.15) is 19.3 Å². The van der Waals surface area contributed by atoms with E-state index in [1.54, 1.807) is 0 Å². The number of rotatable bonds is 0. The van der Waals surface area contributed by atoms with Crippen LogP contribution >= 0.6 is 0 Å². The highest BCUT2D eigenvalue weighted by Crippen LogP contribution is 2.24. The molecule has 10 heavy (non-hydrogen) atoms. The van der Waals surface area contributed by atoms with Crippen molar-refractivity contribution in [1.82, 2.24) is 4.90 Å². The van der Waals surface area contributed by atoms with Gasteiger partial charge < -0.3 is 10.6 Å². The highest BCUT2D eigenvalue weighted by Gasteiger charge is 2.27. The van der Waals surface area contributed by atoms with Crippen LogP contribution in [0.15, 0.2) is 0 Å². The summed E-state index contributed by atoms with van der Waals surface area (Å²) in [5.41, 5.74) is 5.88. The predicted molar refractivity (Wildman–Crippen MR) is 41.8 cm³/mol. The van der Waals surface area contributed by atoms with Gasteiger partial charge in [0, 0.05) is 19.1 Å². The topological polar surface area (TPSA) is 29.3 Å². The van der Waals surface area contributed by atoms with Crippen LogP contribution < -0.4 is 5.73 Å². The Morgan fingerprint density at radius 1 is 1.30 bits per heavy atom. The normalized spacial score (nSPS) is 47.1. The Morgan fingerprint density at radius 2 is 2.20 bits per heavy atom. The monoisotopic (exact) mass is 140 g/mol. The molecule has 0 amide bonds. The quantitative estimate of drug-likeness (QED) is 0.528. The summed E-state index contributed by atoms with van der Waals surface area (Å²) in [5, 5.41) is 0. The number of hydrogen-bond donors (Lipinski definition) is 1. The molecule has 2 rings (SSSR count). The summed E-state index contributed by atoms with van der Waals surface area (Å²) < 4.78 is 0. The minimum absolute atomic E-state index is 0.471. The summed E-state index contributed by atoms with van der Waals surface area (Å²) in [7, 11) is 0. The summed E-state index contributed by atoms with van der Waals surface area (Å²) >= 11 is 0. The van der Waals surface area contributed by atoms with Crippen LogP contribution in [0.3, 0.4) is 0 Å². The Labute approximate surface area is 62.4 Å². The molecule has 0 saturated carbocycles. The molecular formula is C8H16N2. The number of nitrogens with two attached hydrogens (primary N) is 1. The molecule has 0 radical (unpaired) electrons. The van der Waals surface area contributed by atoms with Gasteiger partial charge in [-0.2, -0.15) is 0 Å². The first-order valence-corrected chi connectivity index (χ1v) is 4.32. The van der Waals surface area contributed by atoms with E-state index in [4.69, 9.17) is 5.73 Å². The second-order valence-corrected chi connectivity index (χ2v) is 3.76. The van der Waals surface area contributed by atoms with Crippen LogP contribution in [0, 0.1) is 5.92 Å². The Morgan fingerprint density at radius 3 is 3.00 bits per heavy atom. The van der Waals surface area contributed by atoms with E-state index in [1.807, 2.05) is 0 Å². The minimum Gasteiger partial charge on any atom is -0.327 e. The second kappa shape index (κ2) is 2.51. The van der Waals surface area contributed by atoms with E-state index in [9.17, 15) is 0 Å². The van der Waals surface area contributed by atoms with Crippen LogP contribution in [0.25, 0.3) is 0 Å². The molecule has 2 saturated heterocycles. The Kier molecular flexibility index (Phi) is 1.66. The molecule has 0 aromatic carbocycles. The maximum absolute atomic E-state index is 5.88. The molecule has 2 aliphatic heterocycles. The molecule has 0 aromatic heterocycles. The van der Waals surface area contributed by atoms with Crippen molar-refractivity contribution in [2.24, 2.45) is 11.7 Å². The van der Waals surface area contributed by atoms with Crippen molar-refractivity contribution in [1.29, 1.82) is 0 Å². The SMILES string of the molecule is N[C@H]1C[C@@H]2CCCN(C1)C2. The van der Waals surface area contributed by atoms with Crippen molar-refractivity contribution in [3.05, 3.63) is 0 Å². The molecule has 0 aliphatic carbocycles. The zero-order chi connectivity index (χ0) is 6.97. The van der Waals surface area contributed by atoms with E-state index >= 15 is 0 Å². The highest BCUT2D eigenvalue weighted by atomic mass is 15.2. The van der Waals surface area contributed by atoms with Gasteiger partial charge in [0.1, 0.15) is 0 Å². The fraction of sp³-hybridized carbons (Fsp3) is 1.00. The largest absolute Gasteiger partial charge is 0.327 e. The third kappa shape index (κ3) is 1.18. The number of piperidine rings is 2. The summed E-state index contributed by atoms with van der Waals surface area (Å²) in [6.07, 6.45) is 4.10. The van der Waals surface area contributed by atoms with Crippen molar-refractivity contribution < 1.29 is 0 Å². The van der Waals surface area contributed by atoms with Gasteiger partial charge in [-0.15, -0.1) is 0 Å². The van der Waals surface area contributed by atoms with Crippen LogP contribution in [-0.2, 0) is 0 Å². The summed E-state index contributed by atoms with van der Waals surface area (Å²) in [6, 6.07) is 0.471. The number of fused-ring (bicyclic) bond motifs is 2. The van der Waals surface area contributed by atoms with Gasteiger partial charge >= 0.3 is 0 Å². The molecule has 2 aliphatic rings. The van der Waals surface area contributed by atoms with Crippen molar-refractivity contribution in [2.75, 3.05) is 19.6 Å². The van der Waals surface area contributed by atoms with E-state index in [-0.39, 0.29) is 0 Å². The van der Waals surface area contributed by atoms with E-state index in [0.29, 0.717) is 6.04 Å². The molecule has 1 unspecified atom stereocenters. The first kappa shape index (κ1) is 6.62. The van der Waals surface area contributed by atoms with Crippen molar-refractivity contribution in [2.45, 2.75) is 25.3 Å². The molecule has 2 heteroatoms. The van der Waals surface area contributed by atoms with Crippen molar-refractivity contribution in [3.63, 3.8) is 0 Å². The lowest BCUT2D eigenvalue weighted by atomic mass is 9.87. The molecule has 2 heterocycles. The first-order valence-electron chi connectivity index (χ1n) is 4.32. The van der Waals surface area contributed by atoms with Gasteiger partial charge in [0.15, 0.2) is 0 Å². The highest BCUT2D eigenvalue weighted by molar-refractivity contribution is 4.84. The summed E-state index contributed by atoms with van der Waals surface area (Å²) in [5.74, 6) is 0.928. The molecule has 0 spiro atoms. The predicted octanol–water partition coefficient (Wildman–Crippen LogP) is 0.429. The lowest BCUT2D eigenvalue weighted by Crippen LogP contribution is -2.49. The molecule has 58 valence electrons. The van der Waals surface area contributed by atoms with Crippen LogP contribution in [0.2, 0.25) is 0 Å². The third-order valence-electron chi connectivity index (χ3n) is 2.73. The zero-order valence-electron chi connectivity index (χ0n) is 6.42. The Hall–Kier alpha value is -0.0800. The summed E-state index contributed by atoms with van der Waals surface area (Å²) in [4.78, 5) is 2.52. The molecular weight excluding hydrogens is 124 g/mol. The smallest absolute Gasteiger partial charge is 0.0170 e. The average molecular weight is 140 g/mol. The molecule has 3 atom stereocenters. The van der Waals surface area contributed by atoms with Gasteiger partial charge in [-0.1, -0.05) is 0 Å². The van der Waals surface area contributed by atoms with Crippen LogP contribution in [0.5, 0.6) is 0 Å². The Balaban J connectivity index is 1.98. The van der Waals surface area contributed by atoms with E-state index in [0.717, 1.165) is 12.5 Å². The molecule has 2 bridgehead atoms. The molecule has 2 nitrogen and oxygen atoms in total. The van der Waals surface area contributed by atoms with Crippen LogP contribution in [-0.4, -0.2) is 30.6 Å². The van der Waals surface area contributed by atoms with Gasteiger partial charge in [0.05, 0.1) is 0 Å². The molecule has 0 aromatic rings. The second-order valence-electron chi connectivity index (χ2n) is 3.76. The van der Waals surface area contributed by atoms with Gasteiger partial charge in [-0.05, 0) is 31.7 Å². The van der Waals surface area contributed by atoms with Gasteiger partial charge in [-0.3, -0.25) is 0 Å². The van der Waals surface area contributed by atoms with Gasteiger partial charge in [0.2, 0.25) is 0 Å². The zero-order valence-corrected chi connectivity index (χ0v) is 6.42. The molecule has 2 fully saturated rings. The number of hydrogen-bond acceptors (Lipinski definition) is 2. The van der Waals surface area contributed by atoms with E-state index in [1.165, 1.54) is 32.4 Å². The van der Waals surface area contributed by atoms with Gasteiger partial charge in [-0.25, -0.2) is 0 Å². The van der Waals surface area contributed by atoms with Crippen LogP contribution in [0.4, 0.5) is 0 Å². The third-order valence-corrected chi connectivity index (χ3v) is 2.73. The van der Waals surface area contributed by atoms with Gasteiger partial charge in [0.25, 0.3) is 0 Å². The maximum Gasteiger partial charge on any atom is 0.0170 e. The van der Waals surface area contributed by atoms with E-state index in [2.05, 4.69) is 4.90 Å². The average Bonchev–Trinajstić information content (AvgIpc) is 1.85. The maximum atomic E-state index is 5.88. The van der Waals surface area contributed by atoms with Crippen molar-refractivity contribution in [3.8, 4) is 0 Å². The molecule has 2 N–H and O–H groups in total. The lowest BCUT2D eigenvalue weighted by molar-refractivity contribution is 0.110. The first-order chi connectivity index (χ1) is 4.84.